The van der Waals surface area contributed by atoms with Crippen LogP contribution in [-0.2, 0) is 6.42 Å². The molecule has 92 valence electrons. The maximum Gasteiger partial charge on any atom is 0.137 e. The van der Waals surface area contributed by atoms with Crippen LogP contribution in [0.15, 0.2) is 35.8 Å². The summed E-state index contributed by atoms with van der Waals surface area (Å²) in [5, 5.41) is 2.76. The van der Waals surface area contributed by atoms with Crippen LogP contribution in [-0.4, -0.2) is 15.9 Å². The molecule has 0 fully saturated rings. The Bertz CT molecular complexity index is 673. The smallest absolute Gasteiger partial charge is 0.137 e. The van der Waals surface area contributed by atoms with E-state index >= 15 is 0 Å². The molecule has 0 aliphatic heterocycles. The van der Waals surface area contributed by atoms with E-state index < -0.39 is 0 Å². The molecule has 3 rings (SSSR count). The van der Waals surface area contributed by atoms with Gasteiger partial charge in [0.1, 0.15) is 11.3 Å². The van der Waals surface area contributed by atoms with Gasteiger partial charge in [0.15, 0.2) is 0 Å². The molecule has 5 heteroatoms. The van der Waals surface area contributed by atoms with Crippen molar-refractivity contribution >= 4 is 28.6 Å². The molecular formula is C13H12ClN3S. The lowest BCUT2D eigenvalue weighted by molar-refractivity contribution is 0.907. The fraction of sp³-hybridized carbons (Fsp3) is 0.154. The molecule has 0 amide bonds. The molecule has 0 saturated heterocycles. The Balaban J connectivity index is 2.27. The second kappa shape index (κ2) is 4.72. The van der Waals surface area contributed by atoms with Gasteiger partial charge in [0, 0.05) is 12.6 Å². The molecule has 0 unspecified atom stereocenters. The van der Waals surface area contributed by atoms with Gasteiger partial charge < -0.3 is 10.1 Å². The van der Waals surface area contributed by atoms with Gasteiger partial charge in [-0.1, -0.05) is 17.7 Å². The third-order valence-corrected chi connectivity index (χ3v) is 3.92. The zero-order valence-corrected chi connectivity index (χ0v) is 11.2. The van der Waals surface area contributed by atoms with Crippen LogP contribution < -0.4 is 5.73 Å². The Labute approximate surface area is 114 Å². The molecular weight excluding hydrogens is 266 g/mol. The van der Waals surface area contributed by atoms with Crippen LogP contribution in [0.3, 0.4) is 0 Å². The zero-order valence-electron chi connectivity index (χ0n) is 9.64. The van der Waals surface area contributed by atoms with Crippen molar-refractivity contribution in [3.63, 3.8) is 0 Å². The van der Waals surface area contributed by atoms with E-state index in [0.29, 0.717) is 11.6 Å². The molecule has 0 saturated carbocycles. The summed E-state index contributed by atoms with van der Waals surface area (Å²) in [5.41, 5.74) is 8.74. The van der Waals surface area contributed by atoms with Gasteiger partial charge in [-0.05, 0) is 30.1 Å². The topological polar surface area (TPSA) is 43.3 Å². The Morgan fingerprint density at radius 2 is 2.22 bits per heavy atom. The van der Waals surface area contributed by atoms with E-state index in [1.54, 1.807) is 11.3 Å². The lowest BCUT2D eigenvalue weighted by Gasteiger charge is -2.02. The van der Waals surface area contributed by atoms with Crippen LogP contribution >= 0.6 is 22.9 Å². The first-order chi connectivity index (χ1) is 8.79. The molecule has 0 aromatic carbocycles. The molecule has 3 heterocycles. The van der Waals surface area contributed by atoms with E-state index in [-0.39, 0.29) is 0 Å². The molecule has 0 radical (unpaired) electrons. The third kappa shape index (κ3) is 1.92. The van der Waals surface area contributed by atoms with Crippen LogP contribution in [0.25, 0.3) is 16.2 Å². The van der Waals surface area contributed by atoms with E-state index in [0.717, 1.165) is 23.5 Å². The maximum absolute atomic E-state index is 6.05. The zero-order chi connectivity index (χ0) is 12.5. The van der Waals surface area contributed by atoms with Crippen molar-refractivity contribution < 1.29 is 0 Å². The minimum Gasteiger partial charge on any atom is -0.330 e. The average molecular weight is 278 g/mol. The highest BCUT2D eigenvalue weighted by Crippen LogP contribution is 2.29. The second-order valence-corrected chi connectivity index (χ2v) is 5.38. The first-order valence-corrected chi connectivity index (χ1v) is 6.96. The highest BCUT2D eigenvalue weighted by atomic mass is 35.5. The van der Waals surface area contributed by atoms with Crippen LogP contribution in [0.1, 0.15) is 5.69 Å². The summed E-state index contributed by atoms with van der Waals surface area (Å²) < 4.78 is 2.03. The van der Waals surface area contributed by atoms with Crippen molar-refractivity contribution in [2.45, 2.75) is 6.42 Å². The molecule has 0 aliphatic carbocycles. The number of fused-ring (bicyclic) bond motifs is 1. The molecule has 3 aromatic rings. The van der Waals surface area contributed by atoms with Gasteiger partial charge in [-0.3, -0.25) is 0 Å². The quantitative estimate of drug-likeness (QED) is 0.799. The molecule has 0 aliphatic rings. The fourth-order valence-corrected chi connectivity index (χ4v) is 2.95. The largest absolute Gasteiger partial charge is 0.330 e. The van der Waals surface area contributed by atoms with E-state index in [1.807, 2.05) is 28.8 Å². The van der Waals surface area contributed by atoms with Gasteiger partial charge in [-0.15, -0.1) is 11.3 Å². The normalized spacial score (nSPS) is 11.2. The summed E-state index contributed by atoms with van der Waals surface area (Å²) in [4.78, 5) is 5.84. The first kappa shape index (κ1) is 11.7. The third-order valence-electron chi connectivity index (χ3n) is 2.82. The van der Waals surface area contributed by atoms with Crippen molar-refractivity contribution in [3.05, 3.63) is 46.6 Å². The monoisotopic (exact) mass is 277 g/mol. The predicted octanol–water partition coefficient (Wildman–Crippen LogP) is 3.22. The first-order valence-electron chi connectivity index (χ1n) is 5.70. The summed E-state index contributed by atoms with van der Waals surface area (Å²) >= 11 is 7.73. The molecule has 0 atom stereocenters. The van der Waals surface area contributed by atoms with Gasteiger partial charge in [0.25, 0.3) is 0 Å². The summed E-state index contributed by atoms with van der Waals surface area (Å²) in [6, 6.07) is 7.89. The Morgan fingerprint density at radius 1 is 1.33 bits per heavy atom. The number of hydrogen-bond donors (Lipinski definition) is 1. The van der Waals surface area contributed by atoms with E-state index in [1.165, 1.54) is 4.88 Å². The van der Waals surface area contributed by atoms with Crippen LogP contribution in [0.2, 0.25) is 5.02 Å². The molecule has 0 spiro atoms. The van der Waals surface area contributed by atoms with Crippen LogP contribution in [0, 0.1) is 0 Å². The van der Waals surface area contributed by atoms with Crippen molar-refractivity contribution in [2.24, 2.45) is 5.73 Å². The van der Waals surface area contributed by atoms with E-state index in [2.05, 4.69) is 16.4 Å². The highest BCUT2D eigenvalue weighted by Gasteiger charge is 2.14. The summed E-state index contributed by atoms with van der Waals surface area (Å²) in [5.74, 6) is 0. The van der Waals surface area contributed by atoms with E-state index in [4.69, 9.17) is 17.3 Å². The molecule has 0 bridgehead atoms. The molecule has 18 heavy (non-hydrogen) atoms. The number of rotatable bonds is 3. The van der Waals surface area contributed by atoms with Gasteiger partial charge in [-0.25, -0.2) is 4.98 Å². The second-order valence-electron chi connectivity index (χ2n) is 4.00. The SMILES string of the molecule is NCCc1c(-c2cccs2)nc2ccc(Cl)cn12. The highest BCUT2D eigenvalue weighted by molar-refractivity contribution is 7.13. The number of imidazole rings is 1. The molecule has 2 N–H and O–H groups in total. The molecule has 3 nitrogen and oxygen atoms in total. The van der Waals surface area contributed by atoms with Gasteiger partial charge in [-0.2, -0.15) is 0 Å². The molecule has 3 aromatic heterocycles. The van der Waals surface area contributed by atoms with Crippen molar-refractivity contribution in [1.29, 1.82) is 0 Å². The van der Waals surface area contributed by atoms with Crippen LogP contribution in [0.4, 0.5) is 0 Å². The van der Waals surface area contributed by atoms with Gasteiger partial charge in [0.05, 0.1) is 15.6 Å². The minimum absolute atomic E-state index is 0.596. The van der Waals surface area contributed by atoms with Crippen molar-refractivity contribution in [3.8, 4) is 10.6 Å². The summed E-state index contributed by atoms with van der Waals surface area (Å²) in [7, 11) is 0. The van der Waals surface area contributed by atoms with Gasteiger partial charge >= 0.3 is 0 Å². The van der Waals surface area contributed by atoms with E-state index in [9.17, 15) is 0 Å². The number of pyridine rings is 1. The number of aromatic nitrogens is 2. The maximum atomic E-state index is 6.05. The lowest BCUT2D eigenvalue weighted by atomic mass is 10.2. The number of halogens is 1. The number of nitrogens with two attached hydrogens (primary N) is 1. The number of thiophene rings is 1. The Hall–Kier alpha value is -1.36. The van der Waals surface area contributed by atoms with Gasteiger partial charge in [0.2, 0.25) is 0 Å². The predicted molar refractivity (Wildman–Crippen MR) is 76.3 cm³/mol. The minimum atomic E-state index is 0.596. The average Bonchev–Trinajstić information content (AvgIpc) is 2.98. The van der Waals surface area contributed by atoms with Crippen molar-refractivity contribution in [1.82, 2.24) is 9.38 Å². The summed E-state index contributed by atoms with van der Waals surface area (Å²) in [6.07, 6.45) is 2.68. The standard InChI is InChI=1S/C13H12ClN3S/c14-9-3-4-12-16-13(11-2-1-7-18-11)10(5-6-15)17(12)8-9/h1-4,7-8H,5-6,15H2. The van der Waals surface area contributed by atoms with Crippen molar-refractivity contribution in [2.75, 3.05) is 6.54 Å². The Morgan fingerprint density at radius 3 is 2.94 bits per heavy atom. The number of nitrogens with zero attached hydrogens (tertiary/aromatic N) is 2. The fourth-order valence-electron chi connectivity index (χ4n) is 2.05. The Kier molecular flexibility index (Phi) is 3.07. The summed E-state index contributed by atoms with van der Waals surface area (Å²) in [6.45, 7) is 0.596. The number of hydrogen-bond acceptors (Lipinski definition) is 3. The van der Waals surface area contributed by atoms with Crippen LogP contribution in [0.5, 0.6) is 0 Å². The lowest BCUT2D eigenvalue weighted by Crippen LogP contribution is -2.06.